The number of rotatable bonds is 2. The summed E-state index contributed by atoms with van der Waals surface area (Å²) in [6.07, 6.45) is -4.38. The molecule has 0 spiro atoms. The van der Waals surface area contributed by atoms with E-state index in [2.05, 4.69) is 0 Å². The van der Waals surface area contributed by atoms with Gasteiger partial charge in [-0.2, -0.15) is 13.2 Å². The monoisotopic (exact) mass is 355 g/mol. The van der Waals surface area contributed by atoms with Crippen LogP contribution in [0, 0.1) is 5.82 Å². The highest BCUT2D eigenvalue weighted by atomic mass is 32.2. The minimum atomic E-state index is -4.38. The van der Waals surface area contributed by atoms with Gasteiger partial charge in [0, 0.05) is 17.9 Å². The van der Waals surface area contributed by atoms with Crippen LogP contribution in [0.1, 0.15) is 26.9 Å². The Morgan fingerprint density at radius 1 is 1.04 bits per heavy atom. The minimum Gasteiger partial charge on any atom is -0.322 e. The smallest absolute Gasteiger partial charge is 0.322 e. The summed E-state index contributed by atoms with van der Waals surface area (Å²) in [5, 5.41) is -0.343. The Balaban J connectivity index is 1.82. The molecule has 0 radical (unpaired) electrons. The van der Waals surface area contributed by atoms with Gasteiger partial charge in [-0.3, -0.25) is 4.79 Å². The minimum absolute atomic E-state index is 0.259. The maximum Gasteiger partial charge on any atom is 0.416 e. The molecule has 1 fully saturated rings. The van der Waals surface area contributed by atoms with E-state index in [1.54, 1.807) is 4.90 Å². The molecule has 1 heterocycles. The van der Waals surface area contributed by atoms with Gasteiger partial charge in [-0.05, 0) is 42.0 Å². The Morgan fingerprint density at radius 3 is 2.25 bits per heavy atom. The molecule has 2 aromatic carbocycles. The summed E-state index contributed by atoms with van der Waals surface area (Å²) >= 11 is 1.49. The predicted molar refractivity (Wildman–Crippen MR) is 84.1 cm³/mol. The van der Waals surface area contributed by atoms with E-state index in [4.69, 9.17) is 0 Å². The van der Waals surface area contributed by atoms with Crippen LogP contribution in [0.4, 0.5) is 17.6 Å². The van der Waals surface area contributed by atoms with Gasteiger partial charge in [0.15, 0.2) is 0 Å². The van der Waals surface area contributed by atoms with Crippen LogP contribution in [-0.2, 0) is 6.18 Å². The van der Waals surface area contributed by atoms with E-state index in [1.165, 1.54) is 48.2 Å². The van der Waals surface area contributed by atoms with Crippen LogP contribution in [0.25, 0.3) is 0 Å². The maximum absolute atomic E-state index is 13.0. The number of carbonyl (C=O) groups excluding carboxylic acids is 1. The van der Waals surface area contributed by atoms with E-state index < -0.39 is 17.6 Å². The summed E-state index contributed by atoms with van der Waals surface area (Å²) in [6, 6.07) is 10.1. The molecule has 0 aromatic heterocycles. The molecule has 0 saturated carbocycles. The van der Waals surface area contributed by atoms with Crippen LogP contribution in [0.15, 0.2) is 48.5 Å². The first-order chi connectivity index (χ1) is 11.4. The van der Waals surface area contributed by atoms with Gasteiger partial charge in [0.05, 0.1) is 5.56 Å². The number of thioether (sulfide) groups is 1. The van der Waals surface area contributed by atoms with Crippen molar-refractivity contribution in [2.24, 2.45) is 0 Å². The van der Waals surface area contributed by atoms with Crippen LogP contribution < -0.4 is 0 Å². The first-order valence-electron chi connectivity index (χ1n) is 7.21. The highest BCUT2D eigenvalue weighted by Gasteiger charge is 2.33. The lowest BCUT2D eigenvalue weighted by Crippen LogP contribution is -2.30. The molecule has 1 saturated heterocycles. The van der Waals surface area contributed by atoms with E-state index in [0.29, 0.717) is 23.4 Å². The third kappa shape index (κ3) is 3.40. The van der Waals surface area contributed by atoms with Crippen LogP contribution in [0.3, 0.4) is 0 Å². The summed E-state index contributed by atoms with van der Waals surface area (Å²) in [5.74, 6) is 0.00468. The van der Waals surface area contributed by atoms with Crippen molar-refractivity contribution < 1.29 is 22.4 Å². The van der Waals surface area contributed by atoms with Crippen molar-refractivity contribution in [2.75, 3.05) is 12.3 Å². The van der Waals surface area contributed by atoms with Crippen molar-refractivity contribution in [1.82, 2.24) is 4.90 Å². The molecular weight excluding hydrogens is 342 g/mol. The van der Waals surface area contributed by atoms with E-state index in [0.717, 1.165) is 12.1 Å². The molecular formula is C17H13F4NOS. The molecule has 1 aliphatic heterocycles. The highest BCUT2D eigenvalue weighted by molar-refractivity contribution is 7.99. The van der Waals surface area contributed by atoms with Crippen LogP contribution >= 0.6 is 11.8 Å². The highest BCUT2D eigenvalue weighted by Crippen LogP contribution is 2.39. The lowest BCUT2D eigenvalue weighted by Gasteiger charge is -2.24. The molecule has 2 nitrogen and oxygen atoms in total. The van der Waals surface area contributed by atoms with Crippen molar-refractivity contribution in [3.63, 3.8) is 0 Å². The van der Waals surface area contributed by atoms with E-state index in [9.17, 15) is 22.4 Å². The first-order valence-corrected chi connectivity index (χ1v) is 8.26. The van der Waals surface area contributed by atoms with Gasteiger partial charge in [-0.1, -0.05) is 12.1 Å². The SMILES string of the molecule is O=C(c1ccc(F)cc1)N1CCSC1c1ccc(C(F)(F)F)cc1. The Bertz CT molecular complexity index is 728. The number of alkyl halides is 3. The number of nitrogens with zero attached hydrogens (tertiary/aromatic N) is 1. The fraction of sp³-hybridized carbons (Fsp3) is 0.235. The molecule has 0 bridgehead atoms. The van der Waals surface area contributed by atoms with E-state index in [-0.39, 0.29) is 11.3 Å². The summed E-state index contributed by atoms with van der Waals surface area (Å²) < 4.78 is 50.9. The predicted octanol–water partition coefficient (Wildman–Crippen LogP) is 4.73. The Morgan fingerprint density at radius 2 is 1.67 bits per heavy atom. The molecule has 2 aromatic rings. The Hall–Kier alpha value is -2.02. The molecule has 24 heavy (non-hydrogen) atoms. The average Bonchev–Trinajstić information content (AvgIpc) is 3.04. The third-order valence-electron chi connectivity index (χ3n) is 3.77. The van der Waals surface area contributed by atoms with Crippen LogP contribution in [-0.4, -0.2) is 23.1 Å². The molecule has 1 atom stereocenters. The third-order valence-corrected chi connectivity index (χ3v) is 5.03. The largest absolute Gasteiger partial charge is 0.416 e. The molecule has 0 N–H and O–H groups in total. The second kappa shape index (κ2) is 6.47. The molecule has 1 amide bonds. The molecule has 1 unspecified atom stereocenters. The Labute approximate surface area is 140 Å². The lowest BCUT2D eigenvalue weighted by atomic mass is 10.1. The van der Waals surface area contributed by atoms with Gasteiger partial charge in [-0.25, -0.2) is 4.39 Å². The fourth-order valence-corrected chi connectivity index (χ4v) is 3.81. The quantitative estimate of drug-likeness (QED) is 0.726. The number of hydrogen-bond donors (Lipinski definition) is 0. The summed E-state index contributed by atoms with van der Waals surface area (Å²) in [6.45, 7) is 0.493. The molecule has 3 rings (SSSR count). The second-order valence-electron chi connectivity index (χ2n) is 5.35. The zero-order valence-electron chi connectivity index (χ0n) is 12.4. The Kier molecular flexibility index (Phi) is 4.54. The van der Waals surface area contributed by atoms with Gasteiger partial charge >= 0.3 is 6.18 Å². The van der Waals surface area contributed by atoms with Gasteiger partial charge in [0.1, 0.15) is 11.2 Å². The number of hydrogen-bond acceptors (Lipinski definition) is 2. The number of benzene rings is 2. The zero-order chi connectivity index (χ0) is 17.3. The average molecular weight is 355 g/mol. The normalized spacial score (nSPS) is 18.0. The van der Waals surface area contributed by atoms with E-state index >= 15 is 0 Å². The second-order valence-corrected chi connectivity index (χ2v) is 6.54. The topological polar surface area (TPSA) is 20.3 Å². The van der Waals surface area contributed by atoms with Gasteiger partial charge in [-0.15, -0.1) is 11.8 Å². The number of amides is 1. The maximum atomic E-state index is 13.0. The fourth-order valence-electron chi connectivity index (χ4n) is 2.55. The number of halogens is 4. The summed E-state index contributed by atoms with van der Waals surface area (Å²) in [5.41, 5.74) is 0.280. The first kappa shape index (κ1) is 16.8. The van der Waals surface area contributed by atoms with Gasteiger partial charge in [0.25, 0.3) is 5.91 Å². The van der Waals surface area contributed by atoms with E-state index in [1.807, 2.05) is 0 Å². The van der Waals surface area contributed by atoms with Crippen molar-refractivity contribution in [2.45, 2.75) is 11.6 Å². The number of carbonyl (C=O) groups is 1. The van der Waals surface area contributed by atoms with Crippen molar-refractivity contribution >= 4 is 17.7 Å². The zero-order valence-corrected chi connectivity index (χ0v) is 13.2. The molecule has 1 aliphatic rings. The van der Waals surface area contributed by atoms with Gasteiger partial charge < -0.3 is 4.90 Å². The summed E-state index contributed by atoms with van der Waals surface area (Å²) in [4.78, 5) is 14.2. The van der Waals surface area contributed by atoms with Gasteiger partial charge in [0.2, 0.25) is 0 Å². The van der Waals surface area contributed by atoms with Crippen molar-refractivity contribution in [3.8, 4) is 0 Å². The standard InChI is InChI=1S/C17H13F4NOS/c18-14-7-3-11(4-8-14)15(23)22-9-10-24-16(22)12-1-5-13(6-2-12)17(19,20)21/h1-8,16H,9-10H2. The van der Waals surface area contributed by atoms with Crippen molar-refractivity contribution in [1.29, 1.82) is 0 Å². The lowest BCUT2D eigenvalue weighted by molar-refractivity contribution is -0.137. The summed E-state index contributed by atoms with van der Waals surface area (Å²) in [7, 11) is 0. The molecule has 126 valence electrons. The molecule has 0 aliphatic carbocycles. The van der Waals surface area contributed by atoms with Crippen LogP contribution in [0.2, 0.25) is 0 Å². The van der Waals surface area contributed by atoms with Crippen LogP contribution in [0.5, 0.6) is 0 Å². The van der Waals surface area contributed by atoms with Crippen molar-refractivity contribution in [3.05, 3.63) is 71.0 Å². The molecule has 7 heteroatoms.